The minimum absolute atomic E-state index is 0.00456. The Morgan fingerprint density at radius 3 is 1.45 bits per heavy atom. The van der Waals surface area contributed by atoms with Crippen molar-refractivity contribution in [2.75, 3.05) is 13.2 Å². The van der Waals surface area contributed by atoms with E-state index in [0.717, 1.165) is 0 Å². The molecule has 2 aromatic carbocycles. The second-order valence-corrected chi connectivity index (χ2v) is 12.7. The summed E-state index contributed by atoms with van der Waals surface area (Å²) in [6, 6.07) is 10.3. The third-order valence-electron chi connectivity index (χ3n) is 8.37. The Hall–Kier alpha value is -3.33. The Balaban J connectivity index is 1.18. The first-order valence-electron chi connectivity index (χ1n) is 15.1. The van der Waals surface area contributed by atoms with Crippen LogP contribution in [0.5, 0.6) is 0 Å². The number of ether oxygens (including phenoxy) is 4. The lowest BCUT2D eigenvalue weighted by Gasteiger charge is -2.46. The lowest BCUT2D eigenvalue weighted by molar-refractivity contribution is -0.231. The van der Waals surface area contributed by atoms with E-state index < -0.39 is 109 Å². The molecule has 14 nitrogen and oxygen atoms in total. The lowest BCUT2D eigenvalue weighted by Crippen LogP contribution is -2.61. The van der Waals surface area contributed by atoms with Gasteiger partial charge < -0.3 is 58.4 Å². The van der Waals surface area contributed by atoms with E-state index in [1.165, 1.54) is 48.5 Å². The Morgan fingerprint density at radius 1 is 0.653 bits per heavy atom. The zero-order valence-electron chi connectivity index (χ0n) is 25.3. The molecule has 0 amide bonds. The van der Waals surface area contributed by atoms with Crippen LogP contribution in [0.25, 0.3) is 21.9 Å². The standard InChI is InChI=1S/C32H32F2O14S/c33-17-3-1-5-19-15(17)7-13(29(41)45-19)11-43-27-23(37)21(9-35)47-31(25(27)39)49-32-26(40)28(24(38)22(10-36)48-32)44-12-14-8-16-18(34)4-2-6-20(16)46-30(14)42/h1-8,21-28,31-32,35-40H,9-12H2/t21?,22?,23-,24-,25+,26?,27?,28-,31-,32-/m0/s1. The van der Waals surface area contributed by atoms with Gasteiger partial charge in [0.05, 0.1) is 48.3 Å². The first-order valence-corrected chi connectivity index (χ1v) is 16.0. The Kier molecular flexibility index (Phi) is 10.8. The highest BCUT2D eigenvalue weighted by Gasteiger charge is 2.51. The van der Waals surface area contributed by atoms with Gasteiger partial charge in [-0.3, -0.25) is 0 Å². The van der Waals surface area contributed by atoms with Crippen molar-refractivity contribution in [2.45, 2.75) is 72.9 Å². The minimum Gasteiger partial charge on any atom is -0.422 e. The summed E-state index contributed by atoms with van der Waals surface area (Å²) in [4.78, 5) is 25.0. The van der Waals surface area contributed by atoms with E-state index in [4.69, 9.17) is 27.8 Å². The summed E-state index contributed by atoms with van der Waals surface area (Å²) >= 11 is 0.656. The molecule has 17 heteroatoms. The predicted octanol–water partition coefficient (Wildman–Crippen LogP) is 0.259. The molecule has 4 aromatic rings. The first kappa shape index (κ1) is 35.5. The van der Waals surface area contributed by atoms with Gasteiger partial charge in [0.15, 0.2) is 0 Å². The number of aliphatic hydroxyl groups is 6. The molecule has 6 rings (SSSR count). The van der Waals surface area contributed by atoms with Crippen molar-refractivity contribution in [3.05, 3.63) is 92.1 Å². The molecule has 2 fully saturated rings. The normalized spacial score (nSPS) is 30.6. The maximum Gasteiger partial charge on any atom is 0.341 e. The van der Waals surface area contributed by atoms with Crippen molar-refractivity contribution in [2.24, 2.45) is 0 Å². The molecule has 2 aliphatic heterocycles. The lowest BCUT2D eigenvalue weighted by atomic mass is 9.99. The smallest absolute Gasteiger partial charge is 0.341 e. The molecule has 0 aliphatic carbocycles. The summed E-state index contributed by atoms with van der Waals surface area (Å²) in [6.07, 6.45) is -12.2. The van der Waals surface area contributed by atoms with Crippen LogP contribution >= 0.6 is 11.8 Å². The Labute approximate surface area is 279 Å². The van der Waals surface area contributed by atoms with E-state index in [-0.39, 0.29) is 33.1 Å². The average Bonchev–Trinajstić information content (AvgIpc) is 3.07. The van der Waals surface area contributed by atoms with Gasteiger partial charge in [0.1, 0.15) is 82.5 Å². The van der Waals surface area contributed by atoms with Gasteiger partial charge in [0.25, 0.3) is 0 Å². The van der Waals surface area contributed by atoms with Crippen LogP contribution in [0.15, 0.2) is 67.0 Å². The molecule has 0 bridgehead atoms. The molecular formula is C32H32F2O14S. The summed E-state index contributed by atoms with van der Waals surface area (Å²) in [5, 5.41) is 63.9. The molecule has 2 saturated heterocycles. The second kappa shape index (κ2) is 14.9. The summed E-state index contributed by atoms with van der Waals surface area (Å²) < 4.78 is 61.7. The maximum absolute atomic E-state index is 14.3. The van der Waals surface area contributed by atoms with E-state index >= 15 is 0 Å². The van der Waals surface area contributed by atoms with E-state index in [2.05, 4.69) is 0 Å². The molecule has 0 saturated carbocycles. The fraction of sp³-hybridized carbons (Fsp3) is 0.438. The summed E-state index contributed by atoms with van der Waals surface area (Å²) in [5.41, 5.74) is -4.67. The fourth-order valence-electron chi connectivity index (χ4n) is 5.72. The molecule has 2 aliphatic rings. The number of rotatable bonds is 10. The van der Waals surface area contributed by atoms with Gasteiger partial charge in [-0.15, -0.1) is 0 Å². The first-order chi connectivity index (χ1) is 23.5. The molecule has 10 atom stereocenters. The number of hydrogen-bond acceptors (Lipinski definition) is 15. The van der Waals surface area contributed by atoms with Crippen molar-refractivity contribution in [1.29, 1.82) is 0 Å². The van der Waals surface area contributed by atoms with Gasteiger partial charge in [-0.2, -0.15) is 0 Å². The van der Waals surface area contributed by atoms with Gasteiger partial charge in [0.2, 0.25) is 0 Å². The number of hydrogen-bond donors (Lipinski definition) is 6. The minimum atomic E-state index is -1.68. The number of halogens is 2. The van der Waals surface area contributed by atoms with Crippen molar-refractivity contribution < 1.29 is 67.2 Å². The van der Waals surface area contributed by atoms with Gasteiger partial charge in [-0.05, 0) is 36.4 Å². The van der Waals surface area contributed by atoms with Crippen molar-refractivity contribution in [3.63, 3.8) is 0 Å². The molecule has 0 spiro atoms. The van der Waals surface area contributed by atoms with Crippen molar-refractivity contribution >= 4 is 33.7 Å². The van der Waals surface area contributed by atoms with Gasteiger partial charge >= 0.3 is 11.3 Å². The van der Waals surface area contributed by atoms with Gasteiger partial charge in [-0.25, -0.2) is 18.4 Å². The Bertz CT molecular complexity index is 1770. The van der Waals surface area contributed by atoms with Crippen LogP contribution in [0.1, 0.15) is 11.1 Å². The summed E-state index contributed by atoms with van der Waals surface area (Å²) in [7, 11) is 0. The topological polar surface area (TPSA) is 219 Å². The molecule has 6 N–H and O–H groups in total. The SMILES string of the molecule is O=c1oc2cccc(F)c2cc1COC1[C@@H](O)C(CO)O[C@@H](S[C@@H]2OC(CO)[C@H](O)[C@H](OCc3cc4c(F)cccc4oc3=O)C2O)[C@@H]1O. The highest BCUT2D eigenvalue weighted by Crippen LogP contribution is 2.38. The van der Waals surface area contributed by atoms with E-state index in [1.807, 2.05) is 0 Å². The van der Waals surface area contributed by atoms with Gasteiger partial charge in [0, 0.05) is 0 Å². The third-order valence-corrected chi connectivity index (χ3v) is 9.68. The average molecular weight is 711 g/mol. The summed E-state index contributed by atoms with van der Waals surface area (Å²) in [6.45, 7) is -2.54. The summed E-state index contributed by atoms with van der Waals surface area (Å²) in [5.74, 6) is -1.31. The van der Waals surface area contributed by atoms with Crippen LogP contribution in [-0.2, 0) is 32.2 Å². The largest absolute Gasteiger partial charge is 0.422 e. The number of fused-ring (bicyclic) bond motifs is 2. The molecule has 264 valence electrons. The van der Waals surface area contributed by atoms with Crippen LogP contribution in [-0.4, -0.2) is 104 Å². The molecule has 2 aromatic heterocycles. The van der Waals surface area contributed by atoms with E-state index in [9.17, 15) is 49.0 Å². The molecule has 4 heterocycles. The number of thioether (sulfide) groups is 1. The van der Waals surface area contributed by atoms with Crippen LogP contribution < -0.4 is 11.3 Å². The fourth-order valence-corrected chi connectivity index (χ4v) is 7.03. The quantitative estimate of drug-likeness (QED) is 0.122. The highest BCUT2D eigenvalue weighted by atomic mass is 32.2. The van der Waals surface area contributed by atoms with Crippen LogP contribution in [0.3, 0.4) is 0 Å². The number of aliphatic hydroxyl groups excluding tert-OH is 6. The zero-order chi connectivity index (χ0) is 35.0. The monoisotopic (exact) mass is 710 g/mol. The van der Waals surface area contributed by atoms with Crippen molar-refractivity contribution in [1.82, 2.24) is 0 Å². The van der Waals surface area contributed by atoms with Crippen molar-refractivity contribution in [3.8, 4) is 0 Å². The molecule has 0 radical (unpaired) electrons. The van der Waals surface area contributed by atoms with Crippen LogP contribution in [0, 0.1) is 11.6 Å². The second-order valence-electron chi connectivity index (χ2n) is 11.5. The number of benzene rings is 2. The van der Waals surface area contributed by atoms with Crippen LogP contribution in [0.2, 0.25) is 0 Å². The zero-order valence-corrected chi connectivity index (χ0v) is 26.2. The predicted molar refractivity (Wildman–Crippen MR) is 165 cm³/mol. The molecule has 49 heavy (non-hydrogen) atoms. The highest BCUT2D eigenvalue weighted by molar-refractivity contribution is 8.00. The van der Waals surface area contributed by atoms with E-state index in [0.29, 0.717) is 11.8 Å². The maximum atomic E-state index is 14.3. The third kappa shape index (κ3) is 7.15. The molecular weight excluding hydrogens is 678 g/mol. The Morgan fingerprint density at radius 2 is 1.06 bits per heavy atom. The van der Waals surface area contributed by atoms with Crippen LogP contribution in [0.4, 0.5) is 8.78 Å². The van der Waals surface area contributed by atoms with Gasteiger partial charge in [-0.1, -0.05) is 23.9 Å². The molecule has 4 unspecified atom stereocenters. The van der Waals surface area contributed by atoms with E-state index in [1.54, 1.807) is 0 Å².